The van der Waals surface area contributed by atoms with Gasteiger partial charge in [0, 0.05) is 30.4 Å². The van der Waals surface area contributed by atoms with Crippen LogP contribution in [-0.2, 0) is 11.2 Å². The molecule has 1 fully saturated rings. The largest absolute Gasteiger partial charge is 0.396 e. The van der Waals surface area contributed by atoms with Gasteiger partial charge in [0.1, 0.15) is 11.9 Å². The van der Waals surface area contributed by atoms with Crippen LogP contribution in [0.15, 0.2) is 22.9 Å². The summed E-state index contributed by atoms with van der Waals surface area (Å²) in [5.41, 5.74) is 4.63. The minimum absolute atomic E-state index is 0.0238. The highest BCUT2D eigenvalue weighted by molar-refractivity contribution is 5.37. The molecule has 0 amide bonds. The van der Waals surface area contributed by atoms with Gasteiger partial charge in [0.05, 0.1) is 12.9 Å². The fourth-order valence-corrected chi connectivity index (χ4v) is 2.16. The second-order valence-electron chi connectivity index (χ2n) is 4.52. The molecule has 7 nitrogen and oxygen atoms in total. The molecule has 0 bridgehead atoms. The summed E-state index contributed by atoms with van der Waals surface area (Å²) in [7, 11) is 0. The van der Waals surface area contributed by atoms with E-state index in [0.29, 0.717) is 5.56 Å². The second kappa shape index (κ2) is 6.29. The van der Waals surface area contributed by atoms with E-state index in [1.807, 2.05) is 0 Å². The number of alkyl halides is 1. The van der Waals surface area contributed by atoms with E-state index in [1.54, 1.807) is 0 Å². The zero-order valence-electron chi connectivity index (χ0n) is 10.9. The topological polar surface area (TPSA) is 111 Å². The first-order chi connectivity index (χ1) is 10.0. The predicted molar refractivity (Wildman–Crippen MR) is 68.8 cm³/mol. The number of aromatic nitrogens is 2. The first kappa shape index (κ1) is 15.5. The Morgan fingerprint density at radius 2 is 2.24 bits per heavy atom. The summed E-state index contributed by atoms with van der Waals surface area (Å²) in [5, 5.41) is 18.0. The molecular weight excluding hydrogens is 288 g/mol. The summed E-state index contributed by atoms with van der Waals surface area (Å²) >= 11 is 0. The molecule has 1 aliphatic rings. The van der Waals surface area contributed by atoms with Crippen LogP contribution in [0.3, 0.4) is 0 Å². The highest BCUT2D eigenvalue weighted by atomic mass is 19.1. The Balaban J connectivity index is 2.42. The first-order valence-corrected chi connectivity index (χ1v) is 6.22. The average molecular weight is 303 g/mol. The summed E-state index contributed by atoms with van der Waals surface area (Å²) in [4.78, 5) is 15.3. The van der Waals surface area contributed by atoms with Crippen molar-refractivity contribution in [2.24, 2.45) is 0 Å². The van der Waals surface area contributed by atoms with Crippen LogP contribution >= 0.6 is 0 Å². The molecule has 0 saturated carbocycles. The van der Waals surface area contributed by atoms with Crippen LogP contribution in [0.1, 0.15) is 11.8 Å². The van der Waals surface area contributed by atoms with E-state index in [4.69, 9.17) is 20.7 Å². The van der Waals surface area contributed by atoms with Crippen LogP contribution in [0.5, 0.6) is 0 Å². The van der Waals surface area contributed by atoms with E-state index in [-0.39, 0.29) is 30.7 Å². The molecule has 1 aliphatic heterocycles. The monoisotopic (exact) mass is 303 g/mol. The first-order valence-electron chi connectivity index (χ1n) is 6.22. The molecule has 3 unspecified atom stereocenters. The van der Waals surface area contributed by atoms with Gasteiger partial charge in [-0.25, -0.2) is 13.6 Å². The second-order valence-corrected chi connectivity index (χ2v) is 4.52. The van der Waals surface area contributed by atoms with E-state index < -0.39 is 30.8 Å². The van der Waals surface area contributed by atoms with Crippen LogP contribution in [-0.4, -0.2) is 45.3 Å². The minimum atomic E-state index is -1.93. The van der Waals surface area contributed by atoms with Crippen LogP contribution in [0, 0.1) is 0 Å². The third-order valence-corrected chi connectivity index (χ3v) is 3.25. The number of hydrogen-bond donors (Lipinski definition) is 3. The number of nitrogens with zero attached hydrogens (tertiary/aromatic N) is 2. The smallest absolute Gasteiger partial charge is 0.351 e. The summed E-state index contributed by atoms with van der Waals surface area (Å²) in [6.07, 6.45) is -3.18. The predicted octanol–water partition coefficient (Wildman–Crippen LogP) is -0.559. The quantitative estimate of drug-likeness (QED) is 0.688. The van der Waals surface area contributed by atoms with Crippen LogP contribution in [0.25, 0.3) is 0 Å². The molecule has 0 aliphatic carbocycles. The molecule has 1 saturated heterocycles. The van der Waals surface area contributed by atoms with Crippen molar-refractivity contribution in [3.05, 3.63) is 34.1 Å². The molecule has 116 valence electrons. The van der Waals surface area contributed by atoms with Crippen molar-refractivity contribution < 1.29 is 23.7 Å². The molecule has 1 aromatic heterocycles. The number of rotatable bonds is 4. The van der Waals surface area contributed by atoms with Gasteiger partial charge in [-0.05, 0) is 0 Å². The fraction of sp³-hybridized carbons (Fsp3) is 0.500. The number of aliphatic hydroxyl groups excluding tert-OH is 2. The zero-order valence-corrected chi connectivity index (χ0v) is 10.9. The Bertz CT molecular complexity index is 605. The summed E-state index contributed by atoms with van der Waals surface area (Å²) in [5.74, 6) is -0.0707. The van der Waals surface area contributed by atoms with Crippen molar-refractivity contribution in [1.29, 1.82) is 0 Å². The zero-order chi connectivity index (χ0) is 15.6. The Hall–Kier alpha value is -1.84. The summed E-state index contributed by atoms with van der Waals surface area (Å²) in [6.45, 7) is -0.850. The molecule has 1 aromatic rings. The van der Waals surface area contributed by atoms with Crippen LogP contribution in [0.4, 0.5) is 14.6 Å². The standard InChI is InChI=1S/C12H15F2N3O4/c13-3-7-8(5-19)21-11(9(7)14)17-4-6(1-2-18)10(15)16-12(17)20/h3-4,8-9,11,18-19H,1-2,5H2,(H2,15,16,20). The number of aliphatic hydroxyl groups is 2. The third-order valence-electron chi connectivity index (χ3n) is 3.25. The molecule has 9 heteroatoms. The lowest BCUT2D eigenvalue weighted by Crippen LogP contribution is -2.32. The van der Waals surface area contributed by atoms with Crippen LogP contribution < -0.4 is 11.4 Å². The normalized spacial score (nSPS) is 27.4. The molecular formula is C12H15F2N3O4. The van der Waals surface area contributed by atoms with E-state index >= 15 is 0 Å². The van der Waals surface area contributed by atoms with Gasteiger partial charge in [0.25, 0.3) is 0 Å². The van der Waals surface area contributed by atoms with E-state index in [0.717, 1.165) is 4.57 Å². The number of anilines is 1. The maximum absolute atomic E-state index is 14.2. The lowest BCUT2D eigenvalue weighted by Gasteiger charge is -2.17. The van der Waals surface area contributed by atoms with E-state index in [1.165, 1.54) is 6.20 Å². The Kier molecular flexibility index (Phi) is 4.66. The molecule has 21 heavy (non-hydrogen) atoms. The SMILES string of the molecule is Nc1nc(=O)n(C2OC(CO)C(=CF)C2F)cc1CCO. The molecule has 2 rings (SSSR count). The van der Waals surface area contributed by atoms with Gasteiger partial charge in [-0.1, -0.05) is 0 Å². The number of ether oxygens (including phenoxy) is 1. The molecule has 0 aromatic carbocycles. The summed E-state index contributed by atoms with van der Waals surface area (Å²) in [6, 6.07) is 0. The van der Waals surface area contributed by atoms with Gasteiger partial charge in [-0.15, -0.1) is 0 Å². The molecule has 3 atom stereocenters. The van der Waals surface area contributed by atoms with E-state index in [2.05, 4.69) is 4.98 Å². The Morgan fingerprint density at radius 3 is 2.76 bits per heavy atom. The van der Waals surface area contributed by atoms with Crippen molar-refractivity contribution in [1.82, 2.24) is 9.55 Å². The Morgan fingerprint density at radius 1 is 1.52 bits per heavy atom. The number of nitrogen functional groups attached to an aromatic ring is 1. The maximum Gasteiger partial charge on any atom is 0.351 e. The van der Waals surface area contributed by atoms with E-state index in [9.17, 15) is 13.6 Å². The van der Waals surface area contributed by atoms with Gasteiger partial charge in [0.2, 0.25) is 0 Å². The lowest BCUT2D eigenvalue weighted by molar-refractivity contribution is -0.0376. The lowest BCUT2D eigenvalue weighted by atomic mass is 10.1. The van der Waals surface area contributed by atoms with Gasteiger partial charge in [-0.2, -0.15) is 4.98 Å². The highest BCUT2D eigenvalue weighted by Crippen LogP contribution is 2.35. The van der Waals surface area contributed by atoms with Crippen molar-refractivity contribution in [2.45, 2.75) is 24.9 Å². The number of hydrogen-bond acceptors (Lipinski definition) is 6. The third kappa shape index (κ3) is 2.80. The number of halogens is 2. The van der Waals surface area contributed by atoms with Gasteiger partial charge in [-0.3, -0.25) is 4.57 Å². The molecule has 4 N–H and O–H groups in total. The van der Waals surface area contributed by atoms with Gasteiger partial charge in [0.15, 0.2) is 12.4 Å². The van der Waals surface area contributed by atoms with Crippen molar-refractivity contribution in [3.63, 3.8) is 0 Å². The Labute approximate surface area is 118 Å². The minimum Gasteiger partial charge on any atom is -0.396 e. The highest BCUT2D eigenvalue weighted by Gasteiger charge is 2.42. The molecule has 2 heterocycles. The van der Waals surface area contributed by atoms with Crippen molar-refractivity contribution in [2.75, 3.05) is 18.9 Å². The van der Waals surface area contributed by atoms with Gasteiger partial charge >= 0.3 is 5.69 Å². The molecule has 0 spiro atoms. The van der Waals surface area contributed by atoms with Crippen LogP contribution in [0.2, 0.25) is 0 Å². The van der Waals surface area contributed by atoms with Gasteiger partial charge < -0.3 is 20.7 Å². The average Bonchev–Trinajstić information content (AvgIpc) is 2.78. The number of nitrogens with two attached hydrogens (primary N) is 1. The molecule has 0 radical (unpaired) electrons. The fourth-order valence-electron chi connectivity index (χ4n) is 2.16. The van der Waals surface area contributed by atoms with Crippen molar-refractivity contribution >= 4 is 5.82 Å². The van der Waals surface area contributed by atoms with Crippen molar-refractivity contribution in [3.8, 4) is 0 Å². The maximum atomic E-state index is 14.2. The summed E-state index contributed by atoms with van der Waals surface area (Å²) < 4.78 is 32.8.